The SMILES string of the molecule is Cc1c(C(=O)O)[nH]c(Cc2[nH]c(C(=O)O)c(C)c2CCC(=O)O)c1CCC(=O)O. The summed E-state index contributed by atoms with van der Waals surface area (Å²) in [6.45, 7) is 3.16. The van der Waals surface area contributed by atoms with Crippen molar-refractivity contribution in [3.05, 3.63) is 45.0 Å². The summed E-state index contributed by atoms with van der Waals surface area (Å²) in [6, 6.07) is 0. The Hall–Kier alpha value is -3.56. The van der Waals surface area contributed by atoms with Gasteiger partial charge in [0.05, 0.1) is 0 Å². The highest BCUT2D eigenvalue weighted by molar-refractivity contribution is 5.89. The second-order valence-corrected chi connectivity index (χ2v) is 6.74. The van der Waals surface area contributed by atoms with Crippen LogP contribution in [0.3, 0.4) is 0 Å². The molecular formula is C19H22N2O8. The van der Waals surface area contributed by atoms with Gasteiger partial charge in [-0.1, -0.05) is 0 Å². The average Bonchev–Trinajstić information content (AvgIpc) is 3.08. The van der Waals surface area contributed by atoms with Crippen LogP contribution in [-0.2, 0) is 28.9 Å². The molecule has 2 aromatic heterocycles. The average molecular weight is 406 g/mol. The molecule has 0 aromatic carbocycles. The molecule has 10 heteroatoms. The highest BCUT2D eigenvalue weighted by Gasteiger charge is 2.23. The van der Waals surface area contributed by atoms with Gasteiger partial charge >= 0.3 is 23.9 Å². The van der Waals surface area contributed by atoms with Crippen molar-refractivity contribution in [1.29, 1.82) is 0 Å². The van der Waals surface area contributed by atoms with Gasteiger partial charge in [-0.2, -0.15) is 0 Å². The molecular weight excluding hydrogens is 384 g/mol. The molecule has 0 radical (unpaired) electrons. The van der Waals surface area contributed by atoms with Gasteiger partial charge in [0.15, 0.2) is 0 Å². The molecule has 156 valence electrons. The Labute approximate surface area is 165 Å². The van der Waals surface area contributed by atoms with Crippen molar-refractivity contribution in [2.75, 3.05) is 0 Å². The lowest BCUT2D eigenvalue weighted by atomic mass is 9.98. The Bertz CT molecular complexity index is 905. The highest BCUT2D eigenvalue weighted by Crippen LogP contribution is 2.27. The molecule has 0 saturated carbocycles. The van der Waals surface area contributed by atoms with Gasteiger partial charge in [0.2, 0.25) is 0 Å². The van der Waals surface area contributed by atoms with E-state index in [1.807, 2.05) is 0 Å². The van der Waals surface area contributed by atoms with Gasteiger partial charge in [0, 0.05) is 30.7 Å². The normalized spacial score (nSPS) is 10.8. The van der Waals surface area contributed by atoms with Gasteiger partial charge in [-0.3, -0.25) is 9.59 Å². The molecule has 0 aliphatic carbocycles. The first-order chi connectivity index (χ1) is 13.5. The predicted molar refractivity (Wildman–Crippen MR) is 99.7 cm³/mol. The van der Waals surface area contributed by atoms with E-state index in [1.54, 1.807) is 13.8 Å². The van der Waals surface area contributed by atoms with Crippen molar-refractivity contribution in [3.63, 3.8) is 0 Å². The van der Waals surface area contributed by atoms with Crippen LogP contribution in [0.5, 0.6) is 0 Å². The van der Waals surface area contributed by atoms with Crippen LogP contribution in [0.25, 0.3) is 0 Å². The molecule has 6 N–H and O–H groups in total. The number of carboxylic acids is 4. The number of hydrogen-bond acceptors (Lipinski definition) is 4. The fraction of sp³-hybridized carbons (Fsp3) is 0.368. The van der Waals surface area contributed by atoms with Gasteiger partial charge in [0.25, 0.3) is 0 Å². The summed E-state index contributed by atoms with van der Waals surface area (Å²) in [7, 11) is 0. The second kappa shape index (κ2) is 8.63. The van der Waals surface area contributed by atoms with Crippen molar-refractivity contribution < 1.29 is 39.6 Å². The van der Waals surface area contributed by atoms with Crippen LogP contribution < -0.4 is 0 Å². The largest absolute Gasteiger partial charge is 0.481 e. The van der Waals surface area contributed by atoms with Gasteiger partial charge in [-0.05, 0) is 48.9 Å². The third kappa shape index (κ3) is 4.84. The number of aromatic amines is 2. The fourth-order valence-corrected chi connectivity index (χ4v) is 3.44. The standard InChI is InChI=1S/C19H22N2O8/c1-8-10(3-5-14(22)23)12(20-16(8)18(26)27)7-13-11(4-6-15(24)25)9(2)17(21-13)19(28)29/h20-21H,3-7H2,1-2H3,(H,22,23)(H,24,25)(H,26,27)(H,28,29). The maximum Gasteiger partial charge on any atom is 0.352 e. The Morgan fingerprint density at radius 3 is 1.31 bits per heavy atom. The van der Waals surface area contributed by atoms with E-state index >= 15 is 0 Å². The summed E-state index contributed by atoms with van der Waals surface area (Å²) in [5.74, 6) is -4.44. The maximum atomic E-state index is 11.5. The van der Waals surface area contributed by atoms with E-state index in [2.05, 4.69) is 9.97 Å². The lowest BCUT2D eigenvalue weighted by Gasteiger charge is -2.07. The van der Waals surface area contributed by atoms with E-state index in [9.17, 15) is 29.4 Å². The predicted octanol–water partition coefficient (Wildman–Crippen LogP) is 1.98. The van der Waals surface area contributed by atoms with Crippen molar-refractivity contribution >= 4 is 23.9 Å². The third-order valence-corrected chi connectivity index (χ3v) is 4.89. The second-order valence-electron chi connectivity index (χ2n) is 6.74. The van der Waals surface area contributed by atoms with E-state index in [0.717, 1.165) is 0 Å². The van der Waals surface area contributed by atoms with Crippen LogP contribution in [0.1, 0.15) is 67.5 Å². The fourth-order valence-electron chi connectivity index (χ4n) is 3.44. The first-order valence-electron chi connectivity index (χ1n) is 8.83. The van der Waals surface area contributed by atoms with Crippen LogP contribution >= 0.6 is 0 Å². The van der Waals surface area contributed by atoms with E-state index in [1.165, 1.54) is 0 Å². The molecule has 0 bridgehead atoms. The summed E-state index contributed by atoms with van der Waals surface area (Å²) in [6.07, 6.45) is -0.0832. The number of carboxylic acid groups (broad SMARTS) is 4. The molecule has 0 amide bonds. The molecule has 2 heterocycles. The smallest absolute Gasteiger partial charge is 0.352 e. The first kappa shape index (κ1) is 21.7. The number of rotatable bonds is 10. The number of hydrogen-bond donors (Lipinski definition) is 6. The summed E-state index contributed by atoms with van der Waals surface area (Å²) in [4.78, 5) is 50.5. The number of nitrogens with one attached hydrogen (secondary N) is 2. The number of aliphatic carboxylic acids is 2. The molecule has 0 atom stereocenters. The molecule has 2 aromatic rings. The van der Waals surface area contributed by atoms with Crippen LogP contribution in [0, 0.1) is 13.8 Å². The number of H-pyrrole nitrogens is 2. The highest BCUT2D eigenvalue weighted by atomic mass is 16.4. The van der Waals surface area contributed by atoms with Crippen molar-refractivity contribution in [2.45, 2.75) is 46.0 Å². The van der Waals surface area contributed by atoms with E-state index in [4.69, 9.17) is 10.2 Å². The van der Waals surface area contributed by atoms with Crippen LogP contribution in [0.2, 0.25) is 0 Å². The summed E-state index contributed by atoms with van der Waals surface area (Å²) in [5.41, 5.74) is 2.71. The van der Waals surface area contributed by atoms with Crippen LogP contribution in [-0.4, -0.2) is 54.3 Å². The number of aromatic nitrogens is 2. The minimum absolute atomic E-state index is 0.0609. The zero-order chi connectivity index (χ0) is 21.9. The molecule has 0 spiro atoms. The lowest BCUT2D eigenvalue weighted by molar-refractivity contribution is -0.138. The van der Waals surface area contributed by atoms with E-state index in [-0.39, 0.29) is 43.5 Å². The topological polar surface area (TPSA) is 181 Å². The summed E-state index contributed by atoms with van der Waals surface area (Å²) in [5, 5.41) is 36.7. The maximum absolute atomic E-state index is 11.5. The Kier molecular flexibility index (Phi) is 6.47. The van der Waals surface area contributed by atoms with Gasteiger partial charge in [0.1, 0.15) is 11.4 Å². The Morgan fingerprint density at radius 1 is 0.690 bits per heavy atom. The van der Waals surface area contributed by atoms with Crippen LogP contribution in [0.15, 0.2) is 0 Å². The lowest BCUT2D eigenvalue weighted by Crippen LogP contribution is -2.04. The molecule has 0 saturated heterocycles. The van der Waals surface area contributed by atoms with E-state index in [0.29, 0.717) is 33.6 Å². The third-order valence-electron chi connectivity index (χ3n) is 4.89. The van der Waals surface area contributed by atoms with E-state index < -0.39 is 23.9 Å². The molecule has 2 rings (SSSR count). The molecule has 0 unspecified atom stereocenters. The number of carbonyl (C=O) groups is 4. The zero-order valence-corrected chi connectivity index (χ0v) is 16.0. The van der Waals surface area contributed by atoms with Crippen molar-refractivity contribution in [2.24, 2.45) is 0 Å². The molecule has 0 aliphatic heterocycles. The van der Waals surface area contributed by atoms with Gasteiger partial charge < -0.3 is 30.4 Å². The Morgan fingerprint density at radius 2 is 1.03 bits per heavy atom. The molecule has 10 nitrogen and oxygen atoms in total. The number of aromatic carboxylic acids is 2. The van der Waals surface area contributed by atoms with Crippen molar-refractivity contribution in [1.82, 2.24) is 9.97 Å². The molecule has 0 fully saturated rings. The van der Waals surface area contributed by atoms with Gasteiger partial charge in [-0.25, -0.2) is 9.59 Å². The zero-order valence-electron chi connectivity index (χ0n) is 16.0. The van der Waals surface area contributed by atoms with Crippen LogP contribution in [0.4, 0.5) is 0 Å². The summed E-state index contributed by atoms with van der Waals surface area (Å²) < 4.78 is 0. The van der Waals surface area contributed by atoms with Crippen molar-refractivity contribution in [3.8, 4) is 0 Å². The minimum atomic E-state index is -1.19. The quantitative estimate of drug-likeness (QED) is 0.346. The first-order valence-corrected chi connectivity index (χ1v) is 8.83. The minimum Gasteiger partial charge on any atom is -0.481 e. The van der Waals surface area contributed by atoms with Gasteiger partial charge in [-0.15, -0.1) is 0 Å². The monoisotopic (exact) mass is 406 g/mol. The molecule has 29 heavy (non-hydrogen) atoms. The summed E-state index contributed by atoms with van der Waals surface area (Å²) >= 11 is 0. The molecule has 0 aliphatic rings. The Balaban J connectivity index is 2.51.